The number of nitrogens with zero attached hydrogens (tertiary/aromatic N) is 1. The van der Waals surface area contributed by atoms with Gasteiger partial charge in [0.2, 0.25) is 0 Å². The zero-order valence-electron chi connectivity index (χ0n) is 22.7. The highest BCUT2D eigenvalue weighted by Crippen LogP contribution is 2.46. The largest absolute Gasteiger partial charge is 0.493 e. The van der Waals surface area contributed by atoms with E-state index < -0.39 is 22.8 Å². The van der Waals surface area contributed by atoms with Crippen molar-refractivity contribution in [2.75, 3.05) is 7.11 Å². The molecule has 0 bridgehead atoms. The first-order valence-corrected chi connectivity index (χ1v) is 13.7. The molecule has 1 unspecified atom stereocenters. The Morgan fingerprint density at radius 3 is 2.32 bits per heavy atom. The van der Waals surface area contributed by atoms with Crippen LogP contribution in [0, 0.1) is 0 Å². The summed E-state index contributed by atoms with van der Waals surface area (Å²) in [6.07, 6.45) is 6.89. The number of Topliss-reactive ketones (excluding diaryl/α,β-unsaturated/α-hetero) is 3. The first-order chi connectivity index (χ1) is 20.0. The highest BCUT2D eigenvalue weighted by Gasteiger charge is 2.60. The van der Waals surface area contributed by atoms with E-state index in [1.165, 1.54) is 31.6 Å². The minimum atomic E-state index is -2.12. The summed E-state index contributed by atoms with van der Waals surface area (Å²) in [5, 5.41) is 0. The average molecular weight is 548 g/mol. The fraction of sp³-hybridized carbons (Fsp3) is 0.235. The third kappa shape index (κ3) is 4.67. The van der Waals surface area contributed by atoms with Crippen LogP contribution in [0.1, 0.15) is 67.9 Å². The Morgan fingerprint density at radius 2 is 1.59 bits per heavy atom. The Bertz CT molecular complexity index is 1610. The summed E-state index contributed by atoms with van der Waals surface area (Å²) in [7, 11) is 1.53. The molecule has 1 fully saturated rings. The summed E-state index contributed by atoms with van der Waals surface area (Å²) >= 11 is 0. The zero-order valence-corrected chi connectivity index (χ0v) is 22.7. The van der Waals surface area contributed by atoms with Crippen LogP contribution in [0.4, 0.5) is 0 Å². The van der Waals surface area contributed by atoms with Crippen LogP contribution in [0.3, 0.4) is 0 Å². The Balaban J connectivity index is 1.44. The second kappa shape index (κ2) is 11.0. The van der Waals surface area contributed by atoms with Gasteiger partial charge in [0.05, 0.1) is 13.2 Å². The summed E-state index contributed by atoms with van der Waals surface area (Å²) in [5.74, 6) is -0.482. The lowest BCUT2D eigenvalue weighted by atomic mass is 9.70. The second-order valence-electron chi connectivity index (χ2n) is 10.3. The molecular weight excluding hydrogens is 518 g/mol. The van der Waals surface area contributed by atoms with Gasteiger partial charge in [0.25, 0.3) is 0 Å². The van der Waals surface area contributed by atoms with Crippen molar-refractivity contribution in [1.82, 2.24) is 4.98 Å². The van der Waals surface area contributed by atoms with E-state index in [0.29, 0.717) is 23.9 Å². The molecule has 206 valence electrons. The quantitative estimate of drug-likeness (QED) is 0.182. The van der Waals surface area contributed by atoms with Crippen molar-refractivity contribution in [3.63, 3.8) is 0 Å². The molecule has 7 nitrogen and oxygen atoms in total. The lowest BCUT2D eigenvalue weighted by Gasteiger charge is -2.26. The highest BCUT2D eigenvalue weighted by atomic mass is 16.5. The number of rotatable bonds is 9. The van der Waals surface area contributed by atoms with E-state index in [1.807, 2.05) is 30.3 Å². The van der Waals surface area contributed by atoms with Crippen LogP contribution in [-0.4, -0.2) is 35.5 Å². The maximum absolute atomic E-state index is 14.4. The van der Waals surface area contributed by atoms with Crippen molar-refractivity contribution in [3.05, 3.63) is 119 Å². The normalized spacial score (nSPS) is 18.3. The predicted octanol–water partition coefficient (Wildman–Crippen LogP) is 6.19. The lowest BCUT2D eigenvalue weighted by Crippen LogP contribution is -2.46. The minimum absolute atomic E-state index is 0.00231. The van der Waals surface area contributed by atoms with Crippen molar-refractivity contribution in [2.24, 2.45) is 0 Å². The van der Waals surface area contributed by atoms with Crippen LogP contribution < -0.4 is 14.2 Å². The molecule has 3 aromatic carbocycles. The molecule has 1 saturated carbocycles. The summed E-state index contributed by atoms with van der Waals surface area (Å²) < 4.78 is 17.8. The first-order valence-electron chi connectivity index (χ1n) is 13.7. The van der Waals surface area contributed by atoms with Gasteiger partial charge in [-0.05, 0) is 79.3 Å². The topological polar surface area (TPSA) is 91.8 Å². The molecule has 0 saturated heterocycles. The molecule has 7 heteroatoms. The standard InChI is InChI=1S/C34H29NO6/c1-39-29-14-11-24(19-30(29)41-25-9-5-6-10-25)34(31(36)23-15-17-35-18-16-23)32(37)27-13-12-26(20-28(27)33(34)38)40-21-22-7-3-2-4-8-22/h2-4,7-8,11-20,25H,5-6,9-10,21H2,1H3. The smallest absolute Gasteiger partial charge is 0.190 e. The number of carbonyl (C=O) groups excluding carboxylic acids is 3. The number of fused-ring (bicyclic) bond motifs is 1. The molecule has 2 aliphatic rings. The molecule has 0 spiro atoms. The molecule has 6 rings (SSSR count). The van der Waals surface area contributed by atoms with Gasteiger partial charge in [-0.15, -0.1) is 0 Å². The number of carbonyl (C=O) groups is 3. The fourth-order valence-electron chi connectivity index (χ4n) is 5.75. The molecular formula is C34H29NO6. The van der Waals surface area contributed by atoms with E-state index in [1.54, 1.807) is 36.4 Å². The number of ketones is 3. The van der Waals surface area contributed by atoms with Crippen molar-refractivity contribution in [2.45, 2.75) is 43.8 Å². The summed E-state index contributed by atoms with van der Waals surface area (Å²) in [6, 6.07) is 22.3. The van der Waals surface area contributed by atoms with E-state index in [0.717, 1.165) is 31.2 Å². The van der Waals surface area contributed by atoms with Crippen LogP contribution in [0.25, 0.3) is 0 Å². The van der Waals surface area contributed by atoms with Gasteiger partial charge in [-0.3, -0.25) is 19.4 Å². The first kappa shape index (κ1) is 26.4. The van der Waals surface area contributed by atoms with E-state index in [4.69, 9.17) is 14.2 Å². The third-order valence-electron chi connectivity index (χ3n) is 7.89. The summed E-state index contributed by atoms with van der Waals surface area (Å²) in [4.78, 5) is 47.0. The average Bonchev–Trinajstić information content (AvgIpc) is 3.61. The minimum Gasteiger partial charge on any atom is -0.493 e. The van der Waals surface area contributed by atoms with Gasteiger partial charge < -0.3 is 14.2 Å². The van der Waals surface area contributed by atoms with E-state index in [-0.39, 0.29) is 28.4 Å². The molecule has 0 radical (unpaired) electrons. The molecule has 1 atom stereocenters. The Morgan fingerprint density at radius 1 is 0.854 bits per heavy atom. The van der Waals surface area contributed by atoms with Crippen molar-refractivity contribution in [3.8, 4) is 17.2 Å². The fourth-order valence-corrected chi connectivity index (χ4v) is 5.75. The Hall–Kier alpha value is -4.78. The molecule has 1 heterocycles. The third-order valence-corrected chi connectivity index (χ3v) is 7.89. The van der Waals surface area contributed by atoms with Gasteiger partial charge in [0.1, 0.15) is 12.4 Å². The van der Waals surface area contributed by atoms with E-state index in [2.05, 4.69) is 4.98 Å². The van der Waals surface area contributed by atoms with Gasteiger partial charge >= 0.3 is 0 Å². The zero-order chi connectivity index (χ0) is 28.4. The number of hydrogen-bond donors (Lipinski definition) is 0. The molecule has 0 amide bonds. The monoisotopic (exact) mass is 547 g/mol. The maximum Gasteiger partial charge on any atom is 0.190 e. The second-order valence-corrected chi connectivity index (χ2v) is 10.3. The van der Waals surface area contributed by atoms with Crippen molar-refractivity contribution < 1.29 is 28.6 Å². The van der Waals surface area contributed by atoms with E-state index in [9.17, 15) is 14.4 Å². The van der Waals surface area contributed by atoms with Crippen molar-refractivity contribution in [1.29, 1.82) is 0 Å². The van der Waals surface area contributed by atoms with Crippen LogP contribution >= 0.6 is 0 Å². The van der Waals surface area contributed by atoms with Gasteiger partial charge in [-0.1, -0.05) is 36.4 Å². The number of pyridine rings is 1. The van der Waals surface area contributed by atoms with Gasteiger partial charge in [-0.2, -0.15) is 0 Å². The molecule has 4 aromatic rings. The molecule has 0 N–H and O–H groups in total. The van der Waals surface area contributed by atoms with Crippen LogP contribution in [0.5, 0.6) is 17.2 Å². The SMILES string of the molecule is COc1ccc(C2(C(=O)c3ccncc3)C(=O)c3ccc(OCc4ccccc4)cc3C2=O)cc1OC1CCCC1. The van der Waals surface area contributed by atoms with Gasteiger partial charge in [-0.25, -0.2) is 0 Å². The molecule has 0 aliphatic heterocycles. The van der Waals surface area contributed by atoms with Crippen LogP contribution in [0.2, 0.25) is 0 Å². The number of ether oxygens (including phenoxy) is 3. The molecule has 41 heavy (non-hydrogen) atoms. The number of hydrogen-bond acceptors (Lipinski definition) is 7. The Kier molecular flexibility index (Phi) is 7.10. The number of aromatic nitrogens is 1. The van der Waals surface area contributed by atoms with Crippen LogP contribution in [-0.2, 0) is 12.0 Å². The molecule has 1 aromatic heterocycles. The van der Waals surface area contributed by atoms with E-state index >= 15 is 0 Å². The summed E-state index contributed by atoms with van der Waals surface area (Å²) in [6.45, 7) is 0.295. The highest BCUT2D eigenvalue weighted by molar-refractivity contribution is 6.45. The van der Waals surface area contributed by atoms with Gasteiger partial charge in [0, 0.05) is 29.1 Å². The van der Waals surface area contributed by atoms with Gasteiger partial charge in [0.15, 0.2) is 34.3 Å². The number of methoxy groups -OCH3 is 1. The predicted molar refractivity (Wildman–Crippen MR) is 152 cm³/mol. The Labute approximate surface area is 238 Å². The van der Waals surface area contributed by atoms with Crippen molar-refractivity contribution >= 4 is 17.3 Å². The maximum atomic E-state index is 14.4. The van der Waals surface area contributed by atoms with Crippen LogP contribution in [0.15, 0.2) is 91.3 Å². The lowest BCUT2D eigenvalue weighted by molar-refractivity contribution is 0.0709. The number of benzene rings is 3. The summed E-state index contributed by atoms with van der Waals surface area (Å²) in [5.41, 5.74) is -0.377. The molecule has 2 aliphatic carbocycles.